The minimum absolute atomic E-state index is 0.228. The maximum atomic E-state index is 12.1. The summed E-state index contributed by atoms with van der Waals surface area (Å²) in [7, 11) is 1.58. The van der Waals surface area contributed by atoms with Gasteiger partial charge in [-0.25, -0.2) is 0 Å². The quantitative estimate of drug-likeness (QED) is 0.801. The van der Waals surface area contributed by atoms with Crippen molar-refractivity contribution < 1.29 is 12.3 Å². The summed E-state index contributed by atoms with van der Waals surface area (Å²) in [5.41, 5.74) is 0.674. The van der Waals surface area contributed by atoms with Crippen LogP contribution in [0.4, 0.5) is 0 Å². The van der Waals surface area contributed by atoms with E-state index < -0.39 is 12.8 Å². The number of likely N-dealkylation sites (tertiary alicyclic amines) is 1. The summed E-state index contributed by atoms with van der Waals surface area (Å²) in [5.74, 6) is 0.483. The normalized spacial score (nSPS) is 20.4. The molecule has 2 atom stereocenters. The predicted molar refractivity (Wildman–Crippen MR) is 67.1 cm³/mol. The number of aryl methyl sites for hydroxylation is 1. The zero-order valence-electron chi connectivity index (χ0n) is 12.1. The van der Waals surface area contributed by atoms with Crippen molar-refractivity contribution in [1.29, 1.82) is 0 Å². The number of benzene rings is 1. The van der Waals surface area contributed by atoms with Crippen LogP contribution in [0, 0.1) is 0 Å². The molecule has 0 N–H and O–H groups in total. The topological polar surface area (TPSA) is 29.5 Å². The molecular formula is C14H19NO2. The van der Waals surface area contributed by atoms with Crippen LogP contribution in [0.15, 0.2) is 24.3 Å². The van der Waals surface area contributed by atoms with Crippen LogP contribution >= 0.6 is 0 Å². The van der Waals surface area contributed by atoms with E-state index in [9.17, 15) is 4.79 Å². The molecule has 0 spiro atoms. The Balaban J connectivity index is 2.04. The Morgan fingerprint density at radius 1 is 1.35 bits per heavy atom. The summed E-state index contributed by atoms with van der Waals surface area (Å²) >= 11 is 0. The molecule has 0 saturated carbocycles. The molecule has 3 nitrogen and oxygen atoms in total. The summed E-state index contributed by atoms with van der Waals surface area (Å²) in [6, 6.07) is 7.00. The summed E-state index contributed by atoms with van der Waals surface area (Å²) in [6.07, 6.45) is 0.110. The van der Waals surface area contributed by atoms with Crippen LogP contribution in [0.3, 0.4) is 0 Å². The summed E-state index contributed by atoms with van der Waals surface area (Å²) in [6.45, 7) is 1.45. The van der Waals surface area contributed by atoms with Gasteiger partial charge in [-0.2, -0.15) is 0 Å². The van der Waals surface area contributed by atoms with E-state index in [2.05, 4.69) is 0 Å². The van der Waals surface area contributed by atoms with Crippen LogP contribution in [0.5, 0.6) is 5.75 Å². The number of ether oxygens (including phenoxy) is 1. The maximum absolute atomic E-state index is 12.1. The first-order valence-corrected chi connectivity index (χ1v) is 5.90. The number of hydrogen-bond acceptors (Lipinski definition) is 2. The Morgan fingerprint density at radius 2 is 2.00 bits per heavy atom. The fourth-order valence-corrected chi connectivity index (χ4v) is 1.93. The van der Waals surface area contributed by atoms with Crippen molar-refractivity contribution in [2.45, 2.75) is 25.6 Å². The molecule has 1 fully saturated rings. The molecule has 17 heavy (non-hydrogen) atoms. The molecule has 0 radical (unpaired) electrons. The lowest BCUT2D eigenvalue weighted by atomic mass is 10.1. The van der Waals surface area contributed by atoms with Crippen LogP contribution in [-0.2, 0) is 11.2 Å². The fraction of sp³-hybridized carbons (Fsp3) is 0.500. The summed E-state index contributed by atoms with van der Waals surface area (Å²) < 4.78 is 21.1. The number of methoxy groups -OCH3 is 1. The van der Waals surface area contributed by atoms with E-state index in [-0.39, 0.29) is 5.91 Å². The van der Waals surface area contributed by atoms with Gasteiger partial charge in [0.15, 0.2) is 0 Å². The Labute approximate surface area is 105 Å². The Kier molecular flexibility index (Phi) is 3.20. The number of hydrogen-bond donors (Lipinski definition) is 0. The van der Waals surface area contributed by atoms with E-state index in [0.29, 0.717) is 11.3 Å². The monoisotopic (exact) mass is 235 g/mol. The third kappa shape index (κ3) is 3.22. The predicted octanol–water partition coefficient (Wildman–Crippen LogP) is 2.25. The Morgan fingerprint density at radius 3 is 2.59 bits per heavy atom. The Hall–Kier alpha value is -1.51. The first-order valence-electron chi connectivity index (χ1n) is 7.06. The smallest absolute Gasteiger partial charge is 0.222 e. The van der Waals surface area contributed by atoms with Crippen LogP contribution in [0.25, 0.3) is 0 Å². The second-order valence-corrected chi connectivity index (χ2v) is 4.14. The standard InChI is InChI=1S/C14H19NO2/c1-17-13-7-4-12(5-8-13)6-9-14(16)15-10-2-3-11-15/h4-5,7-8H,2-3,6,9-11H2,1H3/i6D,9D. The van der Waals surface area contributed by atoms with Crippen molar-refractivity contribution in [2.75, 3.05) is 20.2 Å². The number of amides is 1. The van der Waals surface area contributed by atoms with E-state index in [0.717, 1.165) is 25.9 Å². The SMILES string of the molecule is [2H]C(C(=O)N1CCCC1)C([2H])c1ccc(OC)cc1. The molecule has 1 amide bonds. The van der Waals surface area contributed by atoms with Gasteiger partial charge < -0.3 is 9.64 Å². The van der Waals surface area contributed by atoms with Gasteiger partial charge in [0.25, 0.3) is 0 Å². The van der Waals surface area contributed by atoms with Crippen LogP contribution in [0.2, 0.25) is 0 Å². The van der Waals surface area contributed by atoms with Crippen LogP contribution in [0.1, 0.15) is 27.5 Å². The fourth-order valence-electron chi connectivity index (χ4n) is 1.93. The van der Waals surface area contributed by atoms with Crippen LogP contribution in [-0.4, -0.2) is 31.0 Å². The van der Waals surface area contributed by atoms with Gasteiger partial charge in [-0.1, -0.05) is 12.1 Å². The summed E-state index contributed by atoms with van der Waals surface area (Å²) in [4.78, 5) is 13.8. The second kappa shape index (κ2) is 5.71. The lowest BCUT2D eigenvalue weighted by Crippen LogP contribution is -2.27. The molecule has 1 saturated heterocycles. The largest absolute Gasteiger partial charge is 0.497 e. The van der Waals surface area contributed by atoms with Crippen molar-refractivity contribution in [3.63, 3.8) is 0 Å². The van der Waals surface area contributed by atoms with E-state index >= 15 is 0 Å². The molecule has 1 aromatic rings. The molecule has 2 rings (SSSR count). The average Bonchev–Trinajstić information content (AvgIpc) is 2.99. The molecule has 2 unspecified atom stereocenters. The summed E-state index contributed by atoms with van der Waals surface area (Å²) in [5, 5.41) is 0. The van der Waals surface area contributed by atoms with Gasteiger partial charge >= 0.3 is 0 Å². The van der Waals surface area contributed by atoms with E-state index in [4.69, 9.17) is 7.48 Å². The third-order valence-electron chi connectivity index (χ3n) is 2.95. The van der Waals surface area contributed by atoms with Crippen molar-refractivity contribution in [2.24, 2.45) is 0 Å². The highest BCUT2D eigenvalue weighted by atomic mass is 16.5. The second-order valence-electron chi connectivity index (χ2n) is 4.14. The number of nitrogens with zero attached hydrogens (tertiary/aromatic N) is 1. The van der Waals surface area contributed by atoms with Gasteiger partial charge in [0, 0.05) is 22.2 Å². The Bertz CT molecular complexity index is 430. The zero-order valence-corrected chi connectivity index (χ0v) is 10.1. The average molecular weight is 235 g/mol. The van der Waals surface area contributed by atoms with Gasteiger partial charge in [-0.05, 0) is 36.9 Å². The molecule has 92 valence electrons. The van der Waals surface area contributed by atoms with Crippen molar-refractivity contribution in [3.8, 4) is 5.75 Å². The lowest BCUT2D eigenvalue weighted by Gasteiger charge is -2.14. The molecule has 1 aromatic carbocycles. The minimum Gasteiger partial charge on any atom is -0.497 e. The molecule has 0 aliphatic carbocycles. The zero-order chi connectivity index (χ0) is 13.8. The highest BCUT2D eigenvalue weighted by Crippen LogP contribution is 2.14. The minimum atomic E-state index is -1.05. The van der Waals surface area contributed by atoms with Gasteiger partial charge in [0.2, 0.25) is 5.91 Å². The molecular weight excluding hydrogens is 214 g/mol. The van der Waals surface area contributed by atoms with Gasteiger partial charge in [0.05, 0.1) is 7.11 Å². The first-order chi connectivity index (χ1) is 9.13. The molecule has 1 heterocycles. The van der Waals surface area contributed by atoms with Gasteiger partial charge in [-0.15, -0.1) is 0 Å². The number of carbonyl (C=O) groups excluding carboxylic acids is 1. The molecule has 3 heteroatoms. The van der Waals surface area contributed by atoms with Crippen molar-refractivity contribution >= 4 is 5.91 Å². The molecule has 0 bridgehead atoms. The third-order valence-corrected chi connectivity index (χ3v) is 2.95. The molecule has 1 aliphatic rings. The van der Waals surface area contributed by atoms with Crippen molar-refractivity contribution in [3.05, 3.63) is 29.8 Å². The molecule has 1 aliphatic heterocycles. The van der Waals surface area contributed by atoms with E-state index in [1.54, 1.807) is 36.3 Å². The maximum Gasteiger partial charge on any atom is 0.222 e. The van der Waals surface area contributed by atoms with Gasteiger partial charge in [-0.3, -0.25) is 4.79 Å². The highest BCUT2D eigenvalue weighted by Gasteiger charge is 2.17. The number of carbonyl (C=O) groups is 1. The van der Waals surface area contributed by atoms with E-state index in [1.165, 1.54) is 0 Å². The van der Waals surface area contributed by atoms with E-state index in [1.807, 2.05) is 0 Å². The van der Waals surface area contributed by atoms with Crippen LogP contribution < -0.4 is 4.74 Å². The highest BCUT2D eigenvalue weighted by molar-refractivity contribution is 5.76. The lowest BCUT2D eigenvalue weighted by molar-refractivity contribution is -0.130. The molecule has 0 aromatic heterocycles. The van der Waals surface area contributed by atoms with Crippen molar-refractivity contribution in [1.82, 2.24) is 4.90 Å². The number of rotatable bonds is 4. The van der Waals surface area contributed by atoms with Gasteiger partial charge in [0.1, 0.15) is 5.75 Å². The first kappa shape index (κ1) is 9.51.